The van der Waals surface area contributed by atoms with Crippen LogP contribution in [0.2, 0.25) is 0 Å². The Morgan fingerprint density at radius 1 is 1.59 bits per heavy atom. The number of carbonyl (C=O) groups is 2. The topological polar surface area (TPSA) is 114 Å². The number of hydrogen-bond acceptors (Lipinski definition) is 6. The van der Waals surface area contributed by atoms with Gasteiger partial charge < -0.3 is 19.9 Å². The van der Waals surface area contributed by atoms with E-state index >= 15 is 0 Å². The Morgan fingerprint density at radius 3 is 2.76 bits per heavy atom. The lowest BCUT2D eigenvalue weighted by atomic mass is 10.0. The first kappa shape index (κ1) is 13.0. The van der Waals surface area contributed by atoms with E-state index in [1.165, 1.54) is 0 Å². The van der Waals surface area contributed by atoms with Gasteiger partial charge in [0.05, 0.1) is 18.1 Å². The van der Waals surface area contributed by atoms with Crippen LogP contribution in [0.5, 0.6) is 0 Å². The fraction of sp³-hybridized carbons (Fsp3) is 0.750. The highest BCUT2D eigenvalue weighted by Crippen LogP contribution is 2.15. The minimum Gasteiger partial charge on any atom is -0.569 e. The number of carboxylic acid groups (broad SMARTS) is 1. The third kappa shape index (κ3) is 3.78. The zero-order valence-corrected chi connectivity index (χ0v) is 9.24. The van der Waals surface area contributed by atoms with Crippen molar-refractivity contribution in [2.75, 3.05) is 19.9 Å². The summed E-state index contributed by atoms with van der Waals surface area (Å²) in [6, 6.07) is 0. The van der Waals surface area contributed by atoms with Gasteiger partial charge in [0, 0.05) is 6.42 Å². The van der Waals surface area contributed by atoms with Crippen molar-refractivity contribution in [3.63, 3.8) is 0 Å². The van der Waals surface area contributed by atoms with Gasteiger partial charge in [-0.25, -0.2) is 0 Å². The molecule has 0 radical (unpaired) electrons. The lowest BCUT2D eigenvalue weighted by Crippen LogP contribution is -2.53. The fourth-order valence-electron chi connectivity index (χ4n) is 1.07. The average molecular weight is 247 g/mol. The summed E-state index contributed by atoms with van der Waals surface area (Å²) in [5.41, 5.74) is 0. The first-order chi connectivity index (χ1) is 8.04. The van der Waals surface area contributed by atoms with Crippen molar-refractivity contribution in [3.8, 4) is 0 Å². The van der Waals surface area contributed by atoms with E-state index in [0.29, 0.717) is 0 Å². The lowest BCUT2D eigenvalue weighted by molar-refractivity contribution is -0.726. The second kappa shape index (κ2) is 5.87. The van der Waals surface area contributed by atoms with Crippen LogP contribution in [0.15, 0.2) is 5.28 Å². The first-order valence-electron chi connectivity index (χ1n) is 4.98. The quantitative estimate of drug-likeness (QED) is 0.171. The summed E-state index contributed by atoms with van der Waals surface area (Å²) >= 11 is 0. The summed E-state index contributed by atoms with van der Waals surface area (Å²) < 4.78 is 4.50. The number of rotatable bonds is 6. The van der Waals surface area contributed by atoms with Crippen molar-refractivity contribution >= 4 is 11.9 Å². The van der Waals surface area contributed by atoms with Gasteiger partial charge in [-0.15, -0.1) is 5.01 Å². The smallest absolute Gasteiger partial charge is 0.310 e. The minimum absolute atomic E-state index is 0.0838. The van der Waals surface area contributed by atoms with Gasteiger partial charge in [-0.2, -0.15) is 0 Å². The standard InChI is InChI=1S/C8H13N3O6/c1-2-7(12)16-5-17-9-11(15)10-3-6(4-10)8(13)14/h6H,2-5H2,1H3,(H,13,14). The Balaban J connectivity index is 2.18. The third-order valence-corrected chi connectivity index (χ3v) is 2.14. The molecule has 1 N–H and O–H groups in total. The zero-order valence-electron chi connectivity index (χ0n) is 9.24. The van der Waals surface area contributed by atoms with E-state index in [-0.39, 0.29) is 24.5 Å². The predicted molar refractivity (Wildman–Crippen MR) is 51.1 cm³/mol. The van der Waals surface area contributed by atoms with Crippen LogP contribution in [-0.4, -0.2) is 46.9 Å². The molecule has 1 aliphatic heterocycles. The highest BCUT2D eigenvalue weighted by Gasteiger charge is 2.38. The maximum absolute atomic E-state index is 11.1. The van der Waals surface area contributed by atoms with E-state index < -0.39 is 24.6 Å². The summed E-state index contributed by atoms with van der Waals surface area (Å²) in [5, 5.41) is 23.9. The molecule has 1 saturated heterocycles. The van der Waals surface area contributed by atoms with Gasteiger partial charge in [0.1, 0.15) is 5.92 Å². The van der Waals surface area contributed by atoms with Gasteiger partial charge in [0.2, 0.25) is 5.28 Å². The SMILES string of the molecule is CCC(=O)OCON=[N+]([O-])N1CC(C(=O)O)C1. The van der Waals surface area contributed by atoms with Crippen molar-refractivity contribution < 1.29 is 29.2 Å². The maximum atomic E-state index is 11.1. The van der Waals surface area contributed by atoms with Crippen LogP contribution in [0, 0.1) is 11.1 Å². The van der Waals surface area contributed by atoms with Crippen molar-refractivity contribution in [1.29, 1.82) is 0 Å². The summed E-state index contributed by atoms with van der Waals surface area (Å²) in [4.78, 5) is 25.7. The second-order valence-corrected chi connectivity index (χ2v) is 3.36. The van der Waals surface area contributed by atoms with Crippen LogP contribution < -0.4 is 0 Å². The van der Waals surface area contributed by atoms with Crippen molar-refractivity contribution in [2.45, 2.75) is 13.3 Å². The number of nitrogens with zero attached hydrogens (tertiary/aromatic N) is 3. The van der Waals surface area contributed by atoms with Crippen LogP contribution in [0.25, 0.3) is 0 Å². The largest absolute Gasteiger partial charge is 0.569 e. The molecule has 17 heavy (non-hydrogen) atoms. The van der Waals surface area contributed by atoms with Gasteiger partial charge >= 0.3 is 11.9 Å². The Kier molecular flexibility index (Phi) is 4.49. The Morgan fingerprint density at radius 2 is 2.24 bits per heavy atom. The molecular formula is C8H13N3O6. The predicted octanol–water partition coefficient (Wildman–Crippen LogP) is -0.277. The summed E-state index contributed by atoms with van der Waals surface area (Å²) in [6.45, 7) is 1.34. The molecule has 0 aromatic rings. The molecule has 0 aromatic carbocycles. The average Bonchev–Trinajstić information content (AvgIpc) is 2.21. The summed E-state index contributed by atoms with van der Waals surface area (Å²) in [5.74, 6) is -1.97. The maximum Gasteiger partial charge on any atom is 0.310 e. The molecule has 0 unspecified atom stereocenters. The molecule has 1 heterocycles. The van der Waals surface area contributed by atoms with Gasteiger partial charge in [0.15, 0.2) is 0 Å². The van der Waals surface area contributed by atoms with Gasteiger partial charge in [0.25, 0.3) is 6.79 Å². The molecule has 0 spiro atoms. The molecule has 1 rings (SSSR count). The van der Waals surface area contributed by atoms with Gasteiger partial charge in [-0.3, -0.25) is 9.59 Å². The first-order valence-corrected chi connectivity index (χ1v) is 4.98. The highest BCUT2D eigenvalue weighted by molar-refractivity contribution is 5.71. The normalized spacial score (nSPS) is 16.3. The molecular weight excluding hydrogens is 234 g/mol. The lowest BCUT2D eigenvalue weighted by Gasteiger charge is -2.30. The molecule has 9 nitrogen and oxygen atoms in total. The second-order valence-electron chi connectivity index (χ2n) is 3.36. The number of ether oxygens (including phenoxy) is 1. The molecule has 0 amide bonds. The van der Waals surface area contributed by atoms with Crippen LogP contribution >= 0.6 is 0 Å². The monoisotopic (exact) mass is 247 g/mol. The minimum atomic E-state index is -0.951. The van der Waals surface area contributed by atoms with Crippen LogP contribution in [0.3, 0.4) is 0 Å². The van der Waals surface area contributed by atoms with Crippen LogP contribution in [-0.2, 0) is 19.2 Å². The number of hydrazine groups is 1. The fourth-order valence-corrected chi connectivity index (χ4v) is 1.07. The number of carbonyl (C=O) groups excluding carboxylic acids is 1. The Hall–Kier alpha value is -2.06. The Bertz CT molecular complexity index is 325. The Labute approximate surface area is 96.7 Å². The summed E-state index contributed by atoms with van der Waals surface area (Å²) in [6.07, 6.45) is 0.205. The molecule has 9 heteroatoms. The molecule has 96 valence electrons. The van der Waals surface area contributed by atoms with Crippen molar-refractivity contribution in [3.05, 3.63) is 5.21 Å². The van der Waals surface area contributed by atoms with E-state index in [2.05, 4.69) is 14.9 Å². The molecule has 0 saturated carbocycles. The van der Waals surface area contributed by atoms with E-state index in [1.54, 1.807) is 6.92 Å². The summed E-state index contributed by atoms with van der Waals surface area (Å²) in [7, 11) is 0. The van der Waals surface area contributed by atoms with E-state index in [4.69, 9.17) is 5.11 Å². The van der Waals surface area contributed by atoms with E-state index in [0.717, 1.165) is 5.01 Å². The molecule has 0 aliphatic carbocycles. The number of hydrogen-bond donors (Lipinski definition) is 1. The zero-order chi connectivity index (χ0) is 12.8. The number of carboxylic acids is 1. The van der Waals surface area contributed by atoms with Crippen LogP contribution in [0.1, 0.15) is 13.3 Å². The van der Waals surface area contributed by atoms with Gasteiger partial charge in [-0.1, -0.05) is 6.92 Å². The van der Waals surface area contributed by atoms with E-state index in [9.17, 15) is 14.8 Å². The van der Waals surface area contributed by atoms with Crippen LogP contribution in [0.4, 0.5) is 0 Å². The van der Waals surface area contributed by atoms with Crippen molar-refractivity contribution in [1.82, 2.24) is 5.01 Å². The molecule has 1 aliphatic rings. The number of esters is 1. The molecule has 0 aromatic heterocycles. The van der Waals surface area contributed by atoms with Crippen molar-refractivity contribution in [2.24, 2.45) is 11.2 Å². The number of aliphatic carboxylic acids is 1. The highest BCUT2D eigenvalue weighted by atomic mass is 16.8. The molecule has 0 atom stereocenters. The third-order valence-electron chi connectivity index (χ3n) is 2.14. The van der Waals surface area contributed by atoms with E-state index in [1.807, 2.05) is 0 Å². The molecule has 0 bridgehead atoms. The molecule has 1 fully saturated rings. The van der Waals surface area contributed by atoms with Gasteiger partial charge in [-0.05, 0) is 0 Å².